The van der Waals surface area contributed by atoms with E-state index in [1.807, 2.05) is 24.3 Å². The summed E-state index contributed by atoms with van der Waals surface area (Å²) in [5.41, 5.74) is 4.75. The molecular formula is C25H28N2O5. The van der Waals surface area contributed by atoms with Gasteiger partial charge in [-0.2, -0.15) is 0 Å². The molecule has 2 N–H and O–H groups in total. The van der Waals surface area contributed by atoms with Gasteiger partial charge in [-0.05, 0) is 41.5 Å². The standard InChI is InChI=1S/C25H28N2O5/c28-23(27-15-13-22(27)24(29)30)12-2-1-7-14-26-25(31)32-16-21-19-10-5-3-8-17(19)18-9-4-6-11-20(18)21/h3-6,8-11,21-22H,1-2,7,12-16H2,(H,26,31)(H,29,30). The third-order valence-corrected chi connectivity index (χ3v) is 6.31. The first-order valence-electron chi connectivity index (χ1n) is 11.2. The molecule has 0 radical (unpaired) electrons. The number of carbonyl (C=O) groups is 3. The predicted molar refractivity (Wildman–Crippen MR) is 119 cm³/mol. The number of rotatable bonds is 9. The number of nitrogens with zero attached hydrogens (tertiary/aromatic N) is 1. The molecule has 7 heteroatoms. The van der Waals surface area contributed by atoms with Crippen molar-refractivity contribution in [1.82, 2.24) is 10.2 Å². The number of benzene rings is 2. The molecule has 0 bridgehead atoms. The Kier molecular flexibility index (Phi) is 6.73. The fourth-order valence-corrected chi connectivity index (χ4v) is 4.50. The van der Waals surface area contributed by atoms with Gasteiger partial charge in [-0.25, -0.2) is 9.59 Å². The molecule has 1 fully saturated rings. The molecule has 1 atom stereocenters. The summed E-state index contributed by atoms with van der Waals surface area (Å²) >= 11 is 0. The van der Waals surface area contributed by atoms with Crippen molar-refractivity contribution in [2.24, 2.45) is 0 Å². The van der Waals surface area contributed by atoms with Crippen LogP contribution in [-0.4, -0.2) is 53.7 Å². The maximum absolute atomic E-state index is 12.2. The van der Waals surface area contributed by atoms with Crippen LogP contribution in [0.25, 0.3) is 11.1 Å². The van der Waals surface area contributed by atoms with Gasteiger partial charge in [-0.15, -0.1) is 0 Å². The highest BCUT2D eigenvalue weighted by Gasteiger charge is 2.36. The average molecular weight is 437 g/mol. The fraction of sp³-hybridized carbons (Fsp3) is 0.400. The largest absolute Gasteiger partial charge is 0.480 e. The number of carboxylic acid groups (broad SMARTS) is 1. The van der Waals surface area contributed by atoms with Crippen LogP contribution in [0.2, 0.25) is 0 Å². The van der Waals surface area contributed by atoms with Gasteiger partial charge >= 0.3 is 12.1 Å². The van der Waals surface area contributed by atoms with Gasteiger partial charge in [-0.1, -0.05) is 55.0 Å². The van der Waals surface area contributed by atoms with Crippen molar-refractivity contribution in [2.45, 2.75) is 44.1 Å². The van der Waals surface area contributed by atoms with E-state index in [0.29, 0.717) is 32.4 Å². The summed E-state index contributed by atoms with van der Waals surface area (Å²) in [6, 6.07) is 15.8. The SMILES string of the molecule is O=C(NCCCCCC(=O)N1CCC1C(=O)O)OCC1c2ccccc2-c2ccccc21. The molecule has 0 aromatic heterocycles. The topological polar surface area (TPSA) is 95.9 Å². The highest BCUT2D eigenvalue weighted by Crippen LogP contribution is 2.44. The zero-order valence-corrected chi connectivity index (χ0v) is 18.0. The number of alkyl carbamates (subject to hydrolysis) is 1. The van der Waals surface area contributed by atoms with Gasteiger partial charge in [0.1, 0.15) is 12.6 Å². The van der Waals surface area contributed by atoms with E-state index in [1.165, 1.54) is 27.2 Å². The maximum Gasteiger partial charge on any atom is 0.407 e. The van der Waals surface area contributed by atoms with Crippen molar-refractivity contribution < 1.29 is 24.2 Å². The van der Waals surface area contributed by atoms with E-state index in [1.54, 1.807) is 0 Å². The average Bonchev–Trinajstić information content (AvgIpc) is 3.07. The molecule has 0 spiro atoms. The van der Waals surface area contributed by atoms with Gasteiger partial charge in [0.15, 0.2) is 0 Å². The monoisotopic (exact) mass is 436 g/mol. The Morgan fingerprint density at radius 1 is 0.969 bits per heavy atom. The molecule has 2 amide bonds. The third-order valence-electron chi connectivity index (χ3n) is 6.31. The first-order chi connectivity index (χ1) is 15.6. The van der Waals surface area contributed by atoms with Crippen LogP contribution in [-0.2, 0) is 14.3 Å². The molecular weight excluding hydrogens is 408 g/mol. The van der Waals surface area contributed by atoms with E-state index in [-0.39, 0.29) is 18.4 Å². The van der Waals surface area contributed by atoms with Crippen molar-refractivity contribution in [3.05, 3.63) is 59.7 Å². The van der Waals surface area contributed by atoms with Gasteiger partial charge in [-0.3, -0.25) is 4.79 Å². The first kappa shape index (κ1) is 21.9. The quantitative estimate of drug-likeness (QED) is 0.584. The second-order valence-electron chi connectivity index (χ2n) is 8.29. The van der Waals surface area contributed by atoms with E-state index >= 15 is 0 Å². The minimum atomic E-state index is -0.933. The van der Waals surface area contributed by atoms with E-state index in [9.17, 15) is 14.4 Å². The second kappa shape index (κ2) is 9.85. The van der Waals surface area contributed by atoms with Crippen LogP contribution >= 0.6 is 0 Å². The first-order valence-corrected chi connectivity index (χ1v) is 11.2. The Labute approximate surface area is 187 Å². The molecule has 168 valence electrons. The summed E-state index contributed by atoms with van der Waals surface area (Å²) in [7, 11) is 0. The Morgan fingerprint density at radius 2 is 1.62 bits per heavy atom. The number of hydrogen-bond donors (Lipinski definition) is 2. The highest BCUT2D eigenvalue weighted by molar-refractivity contribution is 5.85. The van der Waals surface area contributed by atoms with Crippen LogP contribution in [0, 0.1) is 0 Å². The number of hydrogen-bond acceptors (Lipinski definition) is 4. The van der Waals surface area contributed by atoms with Crippen LogP contribution in [0.1, 0.15) is 49.1 Å². The molecule has 32 heavy (non-hydrogen) atoms. The Morgan fingerprint density at radius 3 is 2.22 bits per heavy atom. The maximum atomic E-state index is 12.2. The molecule has 1 unspecified atom stereocenters. The molecule has 1 saturated heterocycles. The fourth-order valence-electron chi connectivity index (χ4n) is 4.50. The van der Waals surface area contributed by atoms with Gasteiger partial charge < -0.3 is 20.1 Å². The summed E-state index contributed by atoms with van der Waals surface area (Å²) in [6.07, 6.45) is 2.63. The lowest BCUT2D eigenvalue weighted by Gasteiger charge is -2.38. The summed E-state index contributed by atoms with van der Waals surface area (Å²) in [4.78, 5) is 36.6. The summed E-state index contributed by atoms with van der Waals surface area (Å²) in [5, 5.41) is 11.8. The summed E-state index contributed by atoms with van der Waals surface area (Å²) in [5.74, 6) is -1.000. The lowest BCUT2D eigenvalue weighted by Crippen LogP contribution is -2.55. The second-order valence-corrected chi connectivity index (χ2v) is 8.29. The van der Waals surface area contributed by atoms with Crippen molar-refractivity contribution in [1.29, 1.82) is 0 Å². The molecule has 2 aromatic rings. The molecule has 2 aliphatic rings. The van der Waals surface area contributed by atoms with Crippen LogP contribution in [0.15, 0.2) is 48.5 Å². The summed E-state index contributed by atoms with van der Waals surface area (Å²) < 4.78 is 5.51. The zero-order chi connectivity index (χ0) is 22.5. The van der Waals surface area contributed by atoms with Crippen LogP contribution in [0.5, 0.6) is 0 Å². The number of likely N-dealkylation sites (tertiary alicyclic amines) is 1. The Bertz CT molecular complexity index is 960. The number of aliphatic carboxylic acids is 1. The van der Waals surface area contributed by atoms with Crippen LogP contribution in [0.3, 0.4) is 0 Å². The number of carboxylic acids is 1. The number of fused-ring (bicyclic) bond motifs is 3. The number of unbranched alkanes of at least 4 members (excludes halogenated alkanes) is 2. The van der Waals surface area contributed by atoms with E-state index in [0.717, 1.165) is 12.8 Å². The Balaban J connectivity index is 1.15. The lowest BCUT2D eigenvalue weighted by atomic mass is 9.98. The van der Waals surface area contributed by atoms with Crippen molar-refractivity contribution >= 4 is 18.0 Å². The lowest BCUT2D eigenvalue weighted by molar-refractivity contribution is -0.157. The Hall–Kier alpha value is -3.35. The van der Waals surface area contributed by atoms with Crippen molar-refractivity contribution in [2.75, 3.05) is 19.7 Å². The van der Waals surface area contributed by atoms with Gasteiger partial charge in [0.2, 0.25) is 5.91 Å². The van der Waals surface area contributed by atoms with Crippen LogP contribution < -0.4 is 5.32 Å². The third kappa shape index (κ3) is 4.61. The number of nitrogens with one attached hydrogen (secondary N) is 1. The van der Waals surface area contributed by atoms with Crippen molar-refractivity contribution in [3.63, 3.8) is 0 Å². The van der Waals surface area contributed by atoms with Crippen molar-refractivity contribution in [3.8, 4) is 11.1 Å². The molecule has 1 heterocycles. The molecule has 1 aliphatic carbocycles. The number of ether oxygens (including phenoxy) is 1. The van der Waals surface area contributed by atoms with Gasteiger partial charge in [0, 0.05) is 25.4 Å². The molecule has 1 aliphatic heterocycles. The number of carbonyl (C=O) groups excluding carboxylic acids is 2. The molecule has 7 nitrogen and oxygen atoms in total. The smallest absolute Gasteiger partial charge is 0.407 e. The minimum absolute atomic E-state index is 0.0373. The number of amides is 2. The molecule has 4 rings (SSSR count). The normalized spacial score (nSPS) is 16.6. The molecule has 0 saturated carbocycles. The summed E-state index contributed by atoms with van der Waals surface area (Å²) in [6.45, 7) is 1.29. The van der Waals surface area contributed by atoms with E-state index in [4.69, 9.17) is 9.84 Å². The minimum Gasteiger partial charge on any atom is -0.480 e. The van der Waals surface area contributed by atoms with Gasteiger partial charge in [0.05, 0.1) is 0 Å². The van der Waals surface area contributed by atoms with E-state index < -0.39 is 18.1 Å². The highest BCUT2D eigenvalue weighted by atomic mass is 16.5. The van der Waals surface area contributed by atoms with Gasteiger partial charge in [0.25, 0.3) is 0 Å². The van der Waals surface area contributed by atoms with E-state index in [2.05, 4.69) is 29.6 Å². The predicted octanol–water partition coefficient (Wildman–Crippen LogP) is 3.77. The molecule has 2 aromatic carbocycles. The van der Waals surface area contributed by atoms with Crippen LogP contribution in [0.4, 0.5) is 4.79 Å². The zero-order valence-electron chi connectivity index (χ0n) is 18.0.